The molecular weight excluding hydrogens is 456 g/mol. The van der Waals surface area contributed by atoms with E-state index in [9.17, 15) is 10.0 Å². The van der Waals surface area contributed by atoms with E-state index in [2.05, 4.69) is 21.3 Å². The number of likely N-dealkylation sites (tertiary alicyclic amines) is 1. The van der Waals surface area contributed by atoms with E-state index >= 15 is 0 Å². The van der Waals surface area contributed by atoms with Crippen molar-refractivity contribution in [3.8, 4) is 11.3 Å². The largest absolute Gasteiger partial charge is 0.456 e. The lowest BCUT2D eigenvalue weighted by Crippen LogP contribution is -2.73. The van der Waals surface area contributed by atoms with Gasteiger partial charge in [-0.2, -0.15) is 5.48 Å². The minimum absolute atomic E-state index is 0.111. The maximum Gasteiger partial charge on any atom is 0.407 e. The summed E-state index contributed by atoms with van der Waals surface area (Å²) in [5, 5.41) is 15.9. The van der Waals surface area contributed by atoms with Crippen molar-refractivity contribution in [2.24, 2.45) is 0 Å². The molecule has 1 amide bonds. The molecule has 1 saturated heterocycles. The summed E-state index contributed by atoms with van der Waals surface area (Å²) in [5.74, 6) is 0.754. The Kier molecular flexibility index (Phi) is 6.66. The molecule has 0 saturated carbocycles. The quantitative estimate of drug-likeness (QED) is 0.277. The summed E-state index contributed by atoms with van der Waals surface area (Å²) in [6.07, 6.45) is 4.96. The number of hydrogen-bond donors (Lipinski definition) is 3. The van der Waals surface area contributed by atoms with Crippen molar-refractivity contribution in [3.05, 3.63) is 60.4 Å². The molecule has 2 aromatic heterocycles. The van der Waals surface area contributed by atoms with Gasteiger partial charge in [0.05, 0.1) is 5.39 Å². The van der Waals surface area contributed by atoms with Gasteiger partial charge < -0.3 is 14.5 Å². The molecule has 188 valence electrons. The predicted octanol–water partition coefficient (Wildman–Crippen LogP) is 4.72. The molecule has 1 aliphatic heterocycles. The monoisotopic (exact) mass is 489 g/mol. The number of nitrogens with two attached hydrogens (primary N) is 1. The minimum atomic E-state index is -0.501. The van der Waals surface area contributed by atoms with Crippen LogP contribution in [0.3, 0.4) is 0 Å². The summed E-state index contributed by atoms with van der Waals surface area (Å²) in [6.45, 7) is 8.08. The molecule has 8 nitrogen and oxygen atoms in total. The van der Waals surface area contributed by atoms with Crippen LogP contribution >= 0.6 is 0 Å². The van der Waals surface area contributed by atoms with Gasteiger partial charge in [-0.15, -0.1) is 0 Å². The molecule has 3 heterocycles. The number of amides is 1. The molecule has 1 aliphatic rings. The maximum absolute atomic E-state index is 12.1. The predicted molar refractivity (Wildman–Crippen MR) is 138 cm³/mol. The van der Waals surface area contributed by atoms with Crippen LogP contribution in [0.1, 0.15) is 39.2 Å². The first-order valence-corrected chi connectivity index (χ1v) is 12.4. The van der Waals surface area contributed by atoms with E-state index in [-0.39, 0.29) is 12.1 Å². The highest BCUT2D eigenvalue weighted by atomic mass is 16.6. The lowest BCUT2D eigenvalue weighted by atomic mass is 10.00. The molecule has 8 heteroatoms. The van der Waals surface area contributed by atoms with E-state index in [1.165, 1.54) is 0 Å². The van der Waals surface area contributed by atoms with E-state index in [4.69, 9.17) is 9.15 Å². The first-order valence-electron chi connectivity index (χ1n) is 12.4. The van der Waals surface area contributed by atoms with E-state index in [0.29, 0.717) is 0 Å². The van der Waals surface area contributed by atoms with Gasteiger partial charge in [-0.25, -0.2) is 10.0 Å². The number of hydrogen-bond acceptors (Lipinski definition) is 6. The van der Waals surface area contributed by atoms with Crippen molar-refractivity contribution >= 4 is 33.5 Å². The number of furan rings is 1. The third-order valence-corrected chi connectivity index (χ3v) is 6.51. The summed E-state index contributed by atoms with van der Waals surface area (Å²) in [4.78, 5) is 18.9. The number of quaternary nitrogens is 1. The van der Waals surface area contributed by atoms with Gasteiger partial charge in [-0.1, -0.05) is 18.2 Å². The number of carbonyl (C=O) groups excluding carboxylic acids is 1. The van der Waals surface area contributed by atoms with Crippen molar-refractivity contribution in [2.45, 2.75) is 51.8 Å². The smallest absolute Gasteiger partial charge is 0.407 e. The topological polar surface area (TPSA) is 104 Å². The number of alkyl carbamates (subject to hydrolysis) is 1. The standard InChI is InChI=1S/C28H32N4O4/c1-28(2,3)36-27(33)30-20-8-10-32(11-9-20)17-18-12-21-22(24(13-18)31-34)15-29-16-23(21)26-14-19-6-4-5-7-25(19)35-26/h4-7,12-16,20,31,34H,8-11,17H2,1-3H3,(H,30,33)/p+1. The zero-order valence-corrected chi connectivity index (χ0v) is 21.0. The second-order valence-electron chi connectivity index (χ2n) is 10.4. The Morgan fingerprint density at radius 1 is 1.17 bits per heavy atom. The molecule has 0 unspecified atom stereocenters. The van der Waals surface area contributed by atoms with E-state index in [1.54, 1.807) is 6.20 Å². The number of nitrogens with one attached hydrogen (secondary N) is 1. The van der Waals surface area contributed by atoms with Crippen LogP contribution < -0.4 is 10.8 Å². The van der Waals surface area contributed by atoms with Crippen molar-refractivity contribution < 1.29 is 24.6 Å². The Labute approximate surface area is 210 Å². The number of pyridine rings is 1. The maximum atomic E-state index is 12.1. The van der Waals surface area contributed by atoms with Gasteiger partial charge in [0.2, 0.25) is 0 Å². The first-order chi connectivity index (χ1) is 17.3. The lowest BCUT2D eigenvalue weighted by Gasteiger charge is -2.33. The van der Waals surface area contributed by atoms with Crippen LogP contribution in [-0.2, 0) is 11.3 Å². The highest BCUT2D eigenvalue weighted by Gasteiger charge is 2.24. The minimum Gasteiger partial charge on any atom is -0.456 e. The van der Waals surface area contributed by atoms with Crippen LogP contribution in [0.25, 0.3) is 33.1 Å². The van der Waals surface area contributed by atoms with E-state index in [1.807, 2.05) is 63.4 Å². The summed E-state index contributed by atoms with van der Waals surface area (Å²) in [6, 6.07) is 14.3. The highest BCUT2D eigenvalue weighted by Crippen LogP contribution is 2.35. The molecule has 0 radical (unpaired) electrons. The number of carbonyl (C=O) groups is 1. The normalized spacial score (nSPS) is 15.4. The fraction of sp³-hybridized carbons (Fsp3) is 0.357. The molecule has 2 aromatic carbocycles. The highest BCUT2D eigenvalue weighted by molar-refractivity contribution is 6.01. The molecule has 0 atom stereocenters. The van der Waals surface area contributed by atoms with Crippen LogP contribution in [0.2, 0.25) is 0 Å². The number of nitrogens with zero attached hydrogens (tertiary/aromatic N) is 2. The molecule has 0 aliphatic carbocycles. The molecule has 4 aromatic rings. The molecule has 0 spiro atoms. The zero-order valence-electron chi connectivity index (χ0n) is 21.0. The molecule has 0 bridgehead atoms. The fourth-order valence-corrected chi connectivity index (χ4v) is 4.84. The summed E-state index contributed by atoms with van der Waals surface area (Å²) in [7, 11) is 0. The van der Waals surface area contributed by atoms with Crippen LogP contribution in [0, 0.1) is 0 Å². The van der Waals surface area contributed by atoms with Crippen LogP contribution in [0.5, 0.6) is 0 Å². The van der Waals surface area contributed by atoms with Crippen LogP contribution in [-0.4, -0.2) is 45.9 Å². The average Bonchev–Trinajstić information content (AvgIpc) is 3.27. The molecule has 4 N–H and O–H groups in total. The summed E-state index contributed by atoms with van der Waals surface area (Å²) < 4.78 is 11.5. The number of ether oxygens (including phenoxy) is 1. The third kappa shape index (κ3) is 5.36. The number of para-hydroxylation sites is 1. The Balaban J connectivity index is 1.34. The SMILES string of the molecule is CC(C)(C)OC(=O)NC1CCN(Cc2cc([NH2+]O)c3cncc(-c4cc5ccccc5o4)c3c2)CC1. The van der Waals surface area contributed by atoms with Gasteiger partial charge in [-0.05, 0) is 57.4 Å². The molecular formula is C28H33N4O4+. The van der Waals surface area contributed by atoms with E-state index < -0.39 is 5.60 Å². The van der Waals surface area contributed by atoms with Crippen molar-refractivity contribution in [3.63, 3.8) is 0 Å². The number of rotatable bonds is 5. The first kappa shape index (κ1) is 24.2. The van der Waals surface area contributed by atoms with Crippen molar-refractivity contribution in [1.82, 2.24) is 15.2 Å². The lowest BCUT2D eigenvalue weighted by molar-refractivity contribution is -0.824. The second kappa shape index (κ2) is 9.89. The summed E-state index contributed by atoms with van der Waals surface area (Å²) in [5.41, 5.74) is 4.21. The van der Waals surface area contributed by atoms with Crippen LogP contribution in [0.15, 0.2) is 59.3 Å². The Morgan fingerprint density at radius 2 is 1.94 bits per heavy atom. The number of piperidine rings is 1. The average molecular weight is 490 g/mol. The number of fused-ring (bicyclic) bond motifs is 2. The van der Waals surface area contributed by atoms with Gasteiger partial charge in [-0.3, -0.25) is 9.88 Å². The van der Waals surface area contributed by atoms with E-state index in [0.717, 1.165) is 82.3 Å². The second-order valence-corrected chi connectivity index (χ2v) is 10.4. The van der Waals surface area contributed by atoms with Gasteiger partial charge in [0, 0.05) is 60.5 Å². The Bertz CT molecular complexity index is 1350. The molecule has 36 heavy (non-hydrogen) atoms. The van der Waals surface area contributed by atoms with Crippen molar-refractivity contribution in [2.75, 3.05) is 13.1 Å². The summed E-state index contributed by atoms with van der Waals surface area (Å²) >= 11 is 0. The fourth-order valence-electron chi connectivity index (χ4n) is 4.84. The zero-order chi connectivity index (χ0) is 25.3. The van der Waals surface area contributed by atoms with Gasteiger partial charge >= 0.3 is 6.09 Å². The Hall–Kier alpha value is -3.46. The van der Waals surface area contributed by atoms with Crippen molar-refractivity contribution in [1.29, 1.82) is 0 Å². The van der Waals surface area contributed by atoms with Gasteiger partial charge in [0.15, 0.2) is 5.69 Å². The van der Waals surface area contributed by atoms with Gasteiger partial charge in [0.25, 0.3) is 0 Å². The Morgan fingerprint density at radius 3 is 2.67 bits per heavy atom. The molecule has 1 fully saturated rings. The van der Waals surface area contributed by atoms with Gasteiger partial charge in [0.1, 0.15) is 16.9 Å². The third-order valence-electron chi connectivity index (χ3n) is 6.51. The van der Waals surface area contributed by atoms with Crippen LogP contribution in [0.4, 0.5) is 10.5 Å². The molecule has 5 rings (SSSR count). The number of benzene rings is 2. The number of aromatic nitrogens is 1.